The lowest BCUT2D eigenvalue weighted by Gasteiger charge is -2.17. The van der Waals surface area contributed by atoms with Gasteiger partial charge in [-0.25, -0.2) is 9.59 Å². The van der Waals surface area contributed by atoms with Gasteiger partial charge in [0.15, 0.2) is 0 Å². The minimum Gasteiger partial charge on any atom is -0.475 e. The van der Waals surface area contributed by atoms with E-state index in [9.17, 15) is 26.3 Å². The summed E-state index contributed by atoms with van der Waals surface area (Å²) in [6.45, 7) is 2.17. The van der Waals surface area contributed by atoms with Gasteiger partial charge in [-0.3, -0.25) is 0 Å². The minimum atomic E-state index is -5.08. The number of aliphatic carboxylic acids is 2. The lowest BCUT2D eigenvalue weighted by molar-refractivity contribution is -0.193. The number of rotatable bonds is 0. The maximum absolute atomic E-state index is 10.6. The largest absolute Gasteiger partial charge is 0.490 e. The predicted octanol–water partition coefficient (Wildman–Crippen LogP) is 0.964. The number of hydrogen-bond acceptors (Lipinski definition) is 4. The first-order valence-electron chi connectivity index (χ1n) is 5.35. The van der Waals surface area contributed by atoms with Gasteiger partial charge in [-0.05, 0) is 19.4 Å². The predicted molar refractivity (Wildman–Crippen MR) is 57.5 cm³/mol. The summed E-state index contributed by atoms with van der Waals surface area (Å²) >= 11 is 0. The number of carboxylic acid groups (broad SMARTS) is 2. The molecule has 21 heavy (non-hydrogen) atoms. The van der Waals surface area contributed by atoms with Gasteiger partial charge >= 0.3 is 24.3 Å². The standard InChI is InChI=1S/C5H12N2.2C2HF3O2/c6-5-2-1-3-7-4-5;2*3-2(4,5)1(6)7/h5,7H,1-4,6H2;2*(H,6,7)/t5-;;/m1../s1. The summed E-state index contributed by atoms with van der Waals surface area (Å²) < 4.78 is 63.5. The van der Waals surface area contributed by atoms with Crippen LogP contribution in [0.1, 0.15) is 12.8 Å². The molecule has 1 atom stereocenters. The molecule has 1 aliphatic rings. The van der Waals surface area contributed by atoms with Crippen molar-refractivity contribution in [1.82, 2.24) is 5.32 Å². The Bertz CT molecular complexity index is 301. The van der Waals surface area contributed by atoms with Crippen molar-refractivity contribution in [3.05, 3.63) is 0 Å². The van der Waals surface area contributed by atoms with Gasteiger partial charge in [-0.15, -0.1) is 0 Å². The number of halogens is 6. The molecule has 0 aromatic heterocycles. The summed E-state index contributed by atoms with van der Waals surface area (Å²) in [6, 6.07) is 0.425. The average Bonchev–Trinajstić information content (AvgIpc) is 2.28. The fourth-order valence-corrected chi connectivity index (χ4v) is 0.879. The summed E-state index contributed by atoms with van der Waals surface area (Å²) in [5.41, 5.74) is 5.57. The van der Waals surface area contributed by atoms with E-state index in [1.807, 2.05) is 0 Å². The van der Waals surface area contributed by atoms with Crippen molar-refractivity contribution in [2.75, 3.05) is 13.1 Å². The van der Waals surface area contributed by atoms with E-state index in [0.29, 0.717) is 6.04 Å². The first-order valence-corrected chi connectivity index (χ1v) is 5.35. The van der Waals surface area contributed by atoms with Crippen molar-refractivity contribution >= 4 is 11.9 Å². The molecule has 126 valence electrons. The maximum Gasteiger partial charge on any atom is 0.490 e. The van der Waals surface area contributed by atoms with E-state index in [1.165, 1.54) is 12.8 Å². The minimum absolute atomic E-state index is 0.425. The molecule has 1 heterocycles. The zero-order valence-electron chi connectivity index (χ0n) is 10.5. The lowest BCUT2D eigenvalue weighted by atomic mass is 10.1. The van der Waals surface area contributed by atoms with Crippen LogP contribution in [0.5, 0.6) is 0 Å². The van der Waals surface area contributed by atoms with Crippen molar-refractivity contribution < 1.29 is 46.1 Å². The molecular weight excluding hydrogens is 314 g/mol. The first kappa shape index (κ1) is 21.7. The third kappa shape index (κ3) is 14.7. The Morgan fingerprint density at radius 3 is 1.43 bits per heavy atom. The highest BCUT2D eigenvalue weighted by Gasteiger charge is 2.38. The number of alkyl halides is 6. The highest BCUT2D eigenvalue weighted by molar-refractivity contribution is 5.73. The topological polar surface area (TPSA) is 113 Å². The van der Waals surface area contributed by atoms with Gasteiger partial charge in [0.2, 0.25) is 0 Å². The second-order valence-electron chi connectivity index (χ2n) is 3.71. The second-order valence-corrected chi connectivity index (χ2v) is 3.71. The lowest BCUT2D eigenvalue weighted by Crippen LogP contribution is -2.39. The summed E-state index contributed by atoms with van der Waals surface area (Å²) in [4.78, 5) is 17.8. The van der Waals surface area contributed by atoms with Crippen LogP contribution < -0.4 is 11.1 Å². The molecule has 6 nitrogen and oxygen atoms in total. The Labute approximate surface area is 114 Å². The number of carboxylic acids is 2. The van der Waals surface area contributed by atoms with Crippen LogP contribution in [0.15, 0.2) is 0 Å². The van der Waals surface area contributed by atoms with Gasteiger partial charge in [0.05, 0.1) is 0 Å². The molecule has 0 aliphatic carbocycles. The van der Waals surface area contributed by atoms with Gasteiger partial charge in [-0.2, -0.15) is 26.3 Å². The molecule has 1 saturated heterocycles. The van der Waals surface area contributed by atoms with Gasteiger partial charge in [0.25, 0.3) is 0 Å². The fraction of sp³-hybridized carbons (Fsp3) is 0.778. The molecule has 0 radical (unpaired) electrons. The Balaban J connectivity index is 0. The molecule has 0 amide bonds. The molecular formula is C9H14F6N2O4. The summed E-state index contributed by atoms with van der Waals surface area (Å²) in [7, 11) is 0. The third-order valence-electron chi connectivity index (χ3n) is 1.82. The Kier molecular flexibility index (Phi) is 9.72. The molecule has 5 N–H and O–H groups in total. The second kappa shape index (κ2) is 9.39. The Hall–Kier alpha value is -1.56. The van der Waals surface area contributed by atoms with Crippen molar-refractivity contribution in [1.29, 1.82) is 0 Å². The van der Waals surface area contributed by atoms with Crippen molar-refractivity contribution in [3.8, 4) is 0 Å². The molecule has 0 unspecified atom stereocenters. The van der Waals surface area contributed by atoms with E-state index in [4.69, 9.17) is 25.5 Å². The van der Waals surface area contributed by atoms with Crippen LogP contribution in [0, 0.1) is 0 Å². The van der Waals surface area contributed by atoms with Crippen LogP contribution in [0.25, 0.3) is 0 Å². The molecule has 0 saturated carbocycles. The zero-order chi connectivity index (χ0) is 17.3. The molecule has 1 rings (SSSR count). The molecule has 12 heteroatoms. The van der Waals surface area contributed by atoms with Gasteiger partial charge in [0, 0.05) is 12.6 Å². The molecule has 0 spiro atoms. The Morgan fingerprint density at radius 2 is 1.33 bits per heavy atom. The third-order valence-corrected chi connectivity index (χ3v) is 1.82. The molecule has 0 aromatic rings. The molecule has 0 bridgehead atoms. The van der Waals surface area contributed by atoms with Gasteiger partial charge in [0.1, 0.15) is 0 Å². The van der Waals surface area contributed by atoms with E-state index in [2.05, 4.69) is 5.32 Å². The van der Waals surface area contributed by atoms with Crippen LogP contribution in [0.4, 0.5) is 26.3 Å². The van der Waals surface area contributed by atoms with Gasteiger partial charge in [-0.1, -0.05) is 0 Å². The number of carbonyl (C=O) groups is 2. The number of nitrogens with two attached hydrogens (primary N) is 1. The quantitative estimate of drug-likeness (QED) is 0.493. The van der Waals surface area contributed by atoms with Crippen LogP contribution >= 0.6 is 0 Å². The highest BCUT2D eigenvalue weighted by atomic mass is 19.4. The number of piperidine rings is 1. The van der Waals surface area contributed by atoms with Crippen LogP contribution in [0.2, 0.25) is 0 Å². The summed E-state index contributed by atoms with van der Waals surface area (Å²) in [5, 5.41) is 17.5. The van der Waals surface area contributed by atoms with Crippen molar-refractivity contribution in [2.24, 2.45) is 5.73 Å². The van der Waals surface area contributed by atoms with E-state index >= 15 is 0 Å². The molecule has 1 fully saturated rings. The van der Waals surface area contributed by atoms with E-state index in [1.54, 1.807) is 0 Å². The smallest absolute Gasteiger partial charge is 0.475 e. The molecule has 0 aromatic carbocycles. The van der Waals surface area contributed by atoms with E-state index in [0.717, 1.165) is 13.1 Å². The van der Waals surface area contributed by atoms with Crippen molar-refractivity contribution in [3.63, 3.8) is 0 Å². The van der Waals surface area contributed by atoms with E-state index < -0.39 is 24.3 Å². The normalized spacial score (nSPS) is 18.5. The summed E-state index contributed by atoms with van der Waals surface area (Å²) in [6.07, 6.45) is -7.71. The number of hydrogen-bond donors (Lipinski definition) is 4. The van der Waals surface area contributed by atoms with E-state index in [-0.39, 0.29) is 0 Å². The van der Waals surface area contributed by atoms with Gasteiger partial charge < -0.3 is 21.3 Å². The Morgan fingerprint density at radius 1 is 1.00 bits per heavy atom. The summed E-state index contributed by atoms with van der Waals surface area (Å²) in [5.74, 6) is -5.51. The van der Waals surface area contributed by atoms with Crippen LogP contribution in [-0.2, 0) is 9.59 Å². The fourth-order valence-electron chi connectivity index (χ4n) is 0.879. The SMILES string of the molecule is N[C@@H]1CCCNC1.O=C(O)C(F)(F)F.O=C(O)C(F)(F)F. The first-order chi connectivity index (χ1) is 9.28. The van der Waals surface area contributed by atoms with Crippen LogP contribution in [0.3, 0.4) is 0 Å². The average molecular weight is 328 g/mol. The van der Waals surface area contributed by atoms with Crippen LogP contribution in [-0.4, -0.2) is 53.6 Å². The van der Waals surface area contributed by atoms with Crippen molar-refractivity contribution in [2.45, 2.75) is 31.2 Å². The maximum atomic E-state index is 10.6. The zero-order valence-corrected chi connectivity index (χ0v) is 10.5. The highest BCUT2D eigenvalue weighted by Crippen LogP contribution is 2.13. The number of nitrogens with one attached hydrogen (secondary N) is 1. The molecule has 1 aliphatic heterocycles. The monoisotopic (exact) mass is 328 g/mol.